The van der Waals surface area contributed by atoms with Crippen molar-refractivity contribution in [2.24, 2.45) is 4.99 Å². The van der Waals surface area contributed by atoms with Gasteiger partial charge in [-0.25, -0.2) is 4.79 Å². The van der Waals surface area contributed by atoms with Crippen LogP contribution in [0.25, 0.3) is 0 Å². The number of hydrogen-bond acceptors (Lipinski definition) is 2. The van der Waals surface area contributed by atoms with E-state index in [-0.39, 0.29) is 0 Å². The molecule has 0 unspecified atom stereocenters. The molecule has 0 aliphatic rings. The lowest BCUT2D eigenvalue weighted by Crippen LogP contribution is -2.14. The summed E-state index contributed by atoms with van der Waals surface area (Å²) in [7, 11) is 0. The molecule has 0 aliphatic heterocycles. The quantitative estimate of drug-likeness (QED) is 0.594. The maximum absolute atomic E-state index is 10.3. The maximum atomic E-state index is 10.3. The predicted octanol–water partition coefficient (Wildman–Crippen LogP) is 3.64. The van der Waals surface area contributed by atoms with Crippen molar-refractivity contribution in [1.29, 1.82) is 0 Å². The molecule has 0 amide bonds. The Hall–Kier alpha value is -0.920. The second-order valence-electron chi connectivity index (χ2n) is 4.19. The highest BCUT2D eigenvalue weighted by Crippen LogP contribution is 2.30. The molecule has 2 nitrogen and oxygen atoms in total. The van der Waals surface area contributed by atoms with Crippen LogP contribution in [0.15, 0.2) is 21.6 Å². The first-order chi connectivity index (χ1) is 6.88. The zero-order valence-electron chi connectivity index (χ0n) is 9.39. The molecule has 0 aliphatic carbocycles. The molecule has 0 saturated heterocycles. The number of rotatable bonds is 2. The number of nitrogens with zero attached hydrogens (tertiary/aromatic N) is 1. The molecule has 15 heavy (non-hydrogen) atoms. The molecule has 0 saturated carbocycles. The van der Waals surface area contributed by atoms with E-state index in [4.69, 9.17) is 0 Å². The van der Waals surface area contributed by atoms with Gasteiger partial charge in [-0.2, -0.15) is 4.99 Å². The fourth-order valence-corrected chi connectivity index (χ4v) is 1.71. The average molecular weight is 268 g/mol. The number of hydrogen-bond donors (Lipinski definition) is 0. The topological polar surface area (TPSA) is 29.4 Å². The highest BCUT2D eigenvalue weighted by atomic mass is 79.9. The molecule has 0 fully saturated rings. The average Bonchev–Trinajstić information content (AvgIpc) is 2.13. The summed E-state index contributed by atoms with van der Waals surface area (Å²) in [6, 6.07) is 4.08. The Morgan fingerprint density at radius 3 is 2.13 bits per heavy atom. The van der Waals surface area contributed by atoms with Gasteiger partial charge in [0.25, 0.3) is 0 Å². The molecule has 0 atom stereocenters. The molecule has 0 spiro atoms. The number of carbonyl (C=O) groups excluding carboxylic acids is 1. The third kappa shape index (κ3) is 2.55. The molecule has 0 radical (unpaired) electrons. The SMILES string of the molecule is Cc1cc(C(C)(C)N=C=O)cc(C)c1Br. The zero-order valence-corrected chi connectivity index (χ0v) is 11.0. The molecule has 3 heteroatoms. The van der Waals surface area contributed by atoms with Gasteiger partial charge >= 0.3 is 0 Å². The van der Waals surface area contributed by atoms with Crippen molar-refractivity contribution in [2.45, 2.75) is 33.2 Å². The van der Waals surface area contributed by atoms with E-state index in [9.17, 15) is 4.79 Å². The van der Waals surface area contributed by atoms with Crippen molar-refractivity contribution >= 4 is 22.0 Å². The fourth-order valence-electron chi connectivity index (χ4n) is 1.48. The van der Waals surface area contributed by atoms with Gasteiger partial charge in [-0.05, 0) is 44.4 Å². The first-order valence-electron chi connectivity index (χ1n) is 4.75. The van der Waals surface area contributed by atoms with E-state index in [0.29, 0.717) is 0 Å². The summed E-state index contributed by atoms with van der Waals surface area (Å²) in [5.74, 6) is 0. The van der Waals surface area contributed by atoms with Crippen molar-refractivity contribution in [3.05, 3.63) is 33.3 Å². The minimum absolute atomic E-state index is 0.502. The van der Waals surface area contributed by atoms with E-state index in [1.54, 1.807) is 6.08 Å². The Bertz CT molecular complexity index is 408. The molecule has 0 aromatic heterocycles. The summed E-state index contributed by atoms with van der Waals surface area (Å²) < 4.78 is 1.11. The van der Waals surface area contributed by atoms with Gasteiger partial charge < -0.3 is 0 Å². The van der Waals surface area contributed by atoms with E-state index in [1.165, 1.54) is 0 Å². The summed E-state index contributed by atoms with van der Waals surface area (Å²) in [5.41, 5.74) is 2.83. The number of isocyanates is 1. The summed E-state index contributed by atoms with van der Waals surface area (Å²) in [4.78, 5) is 14.1. The van der Waals surface area contributed by atoms with Crippen LogP contribution in [0.4, 0.5) is 0 Å². The second-order valence-corrected chi connectivity index (χ2v) is 4.98. The Morgan fingerprint density at radius 2 is 1.73 bits per heavy atom. The second kappa shape index (κ2) is 4.30. The van der Waals surface area contributed by atoms with Crippen molar-refractivity contribution in [3.8, 4) is 0 Å². The molecule has 1 aromatic carbocycles. The van der Waals surface area contributed by atoms with Gasteiger partial charge in [0, 0.05) is 4.47 Å². The first kappa shape index (κ1) is 12.2. The van der Waals surface area contributed by atoms with Gasteiger partial charge in [-0.15, -0.1) is 0 Å². The minimum Gasteiger partial charge on any atom is -0.211 e. The smallest absolute Gasteiger partial charge is 0.211 e. The summed E-state index contributed by atoms with van der Waals surface area (Å²) >= 11 is 3.51. The lowest BCUT2D eigenvalue weighted by Gasteiger charge is -2.20. The molecule has 1 aromatic rings. The van der Waals surface area contributed by atoms with Gasteiger partial charge in [0.1, 0.15) is 0 Å². The lowest BCUT2D eigenvalue weighted by atomic mass is 9.92. The van der Waals surface area contributed by atoms with E-state index < -0.39 is 5.54 Å². The number of aliphatic imine (C=N–C) groups is 1. The van der Waals surface area contributed by atoms with Gasteiger partial charge in [0.05, 0.1) is 5.54 Å². The van der Waals surface area contributed by atoms with Crippen molar-refractivity contribution in [2.75, 3.05) is 0 Å². The fraction of sp³-hybridized carbons (Fsp3) is 0.417. The van der Waals surface area contributed by atoms with E-state index in [2.05, 4.69) is 20.9 Å². The maximum Gasteiger partial charge on any atom is 0.235 e. The molecule has 0 N–H and O–H groups in total. The Balaban J connectivity index is 3.34. The summed E-state index contributed by atoms with van der Waals surface area (Å²) in [6.45, 7) is 7.86. The molecule has 0 heterocycles. The van der Waals surface area contributed by atoms with Crippen molar-refractivity contribution in [3.63, 3.8) is 0 Å². The first-order valence-corrected chi connectivity index (χ1v) is 5.54. The van der Waals surface area contributed by atoms with Crippen LogP contribution in [0.3, 0.4) is 0 Å². The highest BCUT2D eigenvalue weighted by Gasteiger charge is 2.20. The lowest BCUT2D eigenvalue weighted by molar-refractivity contribution is 0.522. The number of benzene rings is 1. The van der Waals surface area contributed by atoms with Gasteiger partial charge in [-0.3, -0.25) is 0 Å². The largest absolute Gasteiger partial charge is 0.235 e. The van der Waals surface area contributed by atoms with E-state index >= 15 is 0 Å². The van der Waals surface area contributed by atoms with Crippen molar-refractivity contribution in [1.82, 2.24) is 0 Å². The van der Waals surface area contributed by atoms with Crippen LogP contribution in [-0.4, -0.2) is 6.08 Å². The van der Waals surface area contributed by atoms with Gasteiger partial charge in [0.15, 0.2) is 0 Å². The van der Waals surface area contributed by atoms with Crippen LogP contribution in [0, 0.1) is 13.8 Å². The normalized spacial score (nSPS) is 11.0. The van der Waals surface area contributed by atoms with Gasteiger partial charge in [0.2, 0.25) is 6.08 Å². The summed E-state index contributed by atoms with van der Waals surface area (Å²) in [5, 5.41) is 0. The third-order valence-corrected chi connectivity index (χ3v) is 3.72. The molecular weight excluding hydrogens is 254 g/mol. The Kier molecular flexibility index (Phi) is 3.48. The van der Waals surface area contributed by atoms with Gasteiger partial charge in [-0.1, -0.05) is 28.1 Å². The van der Waals surface area contributed by atoms with Crippen LogP contribution < -0.4 is 0 Å². The van der Waals surface area contributed by atoms with Crippen LogP contribution in [0.1, 0.15) is 30.5 Å². The molecule has 80 valence electrons. The Labute approximate surface area is 98.5 Å². The Morgan fingerprint density at radius 1 is 1.27 bits per heavy atom. The highest BCUT2D eigenvalue weighted by molar-refractivity contribution is 9.10. The van der Waals surface area contributed by atoms with Crippen LogP contribution in [0.5, 0.6) is 0 Å². The minimum atomic E-state index is -0.502. The summed E-state index contributed by atoms with van der Waals surface area (Å²) in [6.07, 6.45) is 1.62. The standard InChI is InChI=1S/C12H14BrNO/c1-8-5-10(6-9(2)11(8)13)12(3,4)14-7-15/h5-6H,1-4H3. The predicted molar refractivity (Wildman–Crippen MR) is 64.8 cm³/mol. The molecular formula is C12H14BrNO. The zero-order chi connectivity index (χ0) is 11.6. The van der Waals surface area contributed by atoms with Crippen LogP contribution in [0.2, 0.25) is 0 Å². The van der Waals surface area contributed by atoms with Crippen molar-refractivity contribution < 1.29 is 4.79 Å². The molecule has 0 bridgehead atoms. The van der Waals surface area contributed by atoms with E-state index in [1.807, 2.05) is 39.8 Å². The van der Waals surface area contributed by atoms with Crippen LogP contribution >= 0.6 is 15.9 Å². The monoisotopic (exact) mass is 267 g/mol. The molecule has 1 rings (SSSR count). The third-order valence-electron chi connectivity index (χ3n) is 2.47. The van der Waals surface area contributed by atoms with E-state index in [0.717, 1.165) is 21.2 Å². The van der Waals surface area contributed by atoms with Crippen LogP contribution in [-0.2, 0) is 10.3 Å². The number of halogens is 1. The number of aryl methyl sites for hydroxylation is 2.